The van der Waals surface area contributed by atoms with Crippen molar-refractivity contribution in [2.24, 2.45) is 0 Å². The second-order valence-electron chi connectivity index (χ2n) is 2.76. The third-order valence-electron chi connectivity index (χ3n) is 1.88. The van der Waals surface area contributed by atoms with Crippen molar-refractivity contribution in [1.82, 2.24) is 9.97 Å². The Kier molecular flexibility index (Phi) is 1.77. The first-order valence-corrected chi connectivity index (χ1v) is 3.90. The maximum Gasteiger partial charge on any atom is 0.325 e. The van der Waals surface area contributed by atoms with Crippen LogP contribution in [0, 0.1) is 0 Å². The minimum atomic E-state index is -0.500. The molecule has 0 spiro atoms. The highest BCUT2D eigenvalue weighted by Crippen LogP contribution is 2.22. The van der Waals surface area contributed by atoms with E-state index in [4.69, 9.17) is 4.74 Å². The normalized spacial score (nSPS) is 20.2. The van der Waals surface area contributed by atoms with Crippen molar-refractivity contribution in [3.05, 3.63) is 44.9 Å². The highest BCUT2D eigenvalue weighted by atomic mass is 16.5. The Hall–Kier alpha value is -1.78. The van der Waals surface area contributed by atoms with Crippen LogP contribution in [0.4, 0.5) is 0 Å². The number of rotatable bonds is 1. The molecule has 0 fully saturated rings. The van der Waals surface area contributed by atoms with Crippen molar-refractivity contribution < 1.29 is 4.74 Å². The molecule has 1 aliphatic rings. The molecule has 68 valence electrons. The molecule has 2 heterocycles. The molecule has 0 amide bonds. The van der Waals surface area contributed by atoms with Gasteiger partial charge in [-0.15, -0.1) is 0 Å². The molecule has 5 heteroatoms. The quantitative estimate of drug-likeness (QED) is 0.640. The summed E-state index contributed by atoms with van der Waals surface area (Å²) in [5.74, 6) is 0. The van der Waals surface area contributed by atoms with E-state index in [1.807, 2.05) is 6.08 Å². The van der Waals surface area contributed by atoms with Gasteiger partial charge < -0.3 is 9.72 Å². The van der Waals surface area contributed by atoms with Crippen molar-refractivity contribution in [2.75, 3.05) is 0 Å². The summed E-state index contributed by atoms with van der Waals surface area (Å²) in [6.07, 6.45) is 5.17. The molecule has 1 aromatic heterocycles. The summed E-state index contributed by atoms with van der Waals surface area (Å²) in [4.78, 5) is 26.5. The Labute approximate surface area is 73.1 Å². The van der Waals surface area contributed by atoms with Crippen LogP contribution in [0.15, 0.2) is 28.1 Å². The van der Waals surface area contributed by atoms with Crippen LogP contribution in [-0.2, 0) is 4.74 Å². The van der Waals surface area contributed by atoms with Gasteiger partial charge in [0.2, 0.25) is 0 Å². The number of nitrogens with one attached hydrogen (secondary N) is 2. The van der Waals surface area contributed by atoms with E-state index in [1.54, 1.807) is 6.26 Å². The van der Waals surface area contributed by atoms with Gasteiger partial charge in [0.1, 0.15) is 6.10 Å². The largest absolute Gasteiger partial charge is 0.493 e. The fraction of sp³-hybridized carbons (Fsp3) is 0.250. The zero-order chi connectivity index (χ0) is 9.26. The molecule has 0 aliphatic carbocycles. The average Bonchev–Trinajstić information content (AvgIpc) is 2.56. The molecule has 0 bridgehead atoms. The van der Waals surface area contributed by atoms with Crippen molar-refractivity contribution in [1.29, 1.82) is 0 Å². The van der Waals surface area contributed by atoms with Gasteiger partial charge in [0.25, 0.3) is 5.56 Å². The monoisotopic (exact) mass is 180 g/mol. The predicted octanol–water partition coefficient (Wildman–Crippen LogP) is 0.0383. The summed E-state index contributed by atoms with van der Waals surface area (Å²) in [6, 6.07) is 0. The molecule has 13 heavy (non-hydrogen) atoms. The van der Waals surface area contributed by atoms with E-state index in [9.17, 15) is 9.59 Å². The maximum absolute atomic E-state index is 11.2. The fourth-order valence-corrected chi connectivity index (χ4v) is 1.24. The highest BCUT2D eigenvalue weighted by molar-refractivity contribution is 5.11. The van der Waals surface area contributed by atoms with E-state index in [1.165, 1.54) is 6.20 Å². The van der Waals surface area contributed by atoms with E-state index in [0.29, 0.717) is 12.0 Å². The summed E-state index contributed by atoms with van der Waals surface area (Å²) in [6.45, 7) is 0. The van der Waals surface area contributed by atoms with Crippen molar-refractivity contribution in [2.45, 2.75) is 12.5 Å². The summed E-state index contributed by atoms with van der Waals surface area (Å²) < 4.78 is 5.14. The third kappa shape index (κ3) is 1.40. The van der Waals surface area contributed by atoms with Crippen LogP contribution in [0.3, 0.4) is 0 Å². The van der Waals surface area contributed by atoms with Gasteiger partial charge in [0, 0.05) is 12.6 Å². The molecule has 1 unspecified atom stereocenters. The molecule has 0 radical (unpaired) electrons. The van der Waals surface area contributed by atoms with Crippen molar-refractivity contribution in [3.8, 4) is 0 Å². The smallest absolute Gasteiger partial charge is 0.325 e. The number of hydrogen-bond donors (Lipinski definition) is 2. The molecule has 0 aromatic carbocycles. The van der Waals surface area contributed by atoms with Gasteiger partial charge in [-0.2, -0.15) is 0 Å². The molecule has 0 saturated heterocycles. The van der Waals surface area contributed by atoms with Gasteiger partial charge in [-0.25, -0.2) is 4.79 Å². The Morgan fingerprint density at radius 3 is 2.92 bits per heavy atom. The van der Waals surface area contributed by atoms with Gasteiger partial charge in [-0.3, -0.25) is 9.78 Å². The minimum Gasteiger partial charge on any atom is -0.493 e. The first kappa shape index (κ1) is 7.85. The van der Waals surface area contributed by atoms with Gasteiger partial charge in [-0.1, -0.05) is 0 Å². The zero-order valence-electron chi connectivity index (χ0n) is 6.74. The van der Waals surface area contributed by atoms with Crippen LogP contribution in [0.25, 0.3) is 0 Å². The van der Waals surface area contributed by atoms with E-state index in [2.05, 4.69) is 9.97 Å². The van der Waals surface area contributed by atoms with E-state index < -0.39 is 11.2 Å². The third-order valence-corrected chi connectivity index (χ3v) is 1.88. The highest BCUT2D eigenvalue weighted by Gasteiger charge is 2.17. The first-order valence-electron chi connectivity index (χ1n) is 3.90. The van der Waals surface area contributed by atoms with Gasteiger partial charge in [0.15, 0.2) is 0 Å². The van der Waals surface area contributed by atoms with Gasteiger partial charge >= 0.3 is 5.69 Å². The van der Waals surface area contributed by atoms with Crippen LogP contribution in [0.2, 0.25) is 0 Å². The second kappa shape index (κ2) is 2.93. The Morgan fingerprint density at radius 2 is 2.31 bits per heavy atom. The molecule has 2 N–H and O–H groups in total. The van der Waals surface area contributed by atoms with Crippen LogP contribution in [0.5, 0.6) is 0 Å². The van der Waals surface area contributed by atoms with Gasteiger partial charge in [0.05, 0.1) is 11.8 Å². The lowest BCUT2D eigenvalue weighted by atomic mass is 10.1. The minimum absolute atomic E-state index is 0.263. The zero-order valence-corrected chi connectivity index (χ0v) is 6.74. The topological polar surface area (TPSA) is 75.0 Å². The van der Waals surface area contributed by atoms with E-state index >= 15 is 0 Å². The summed E-state index contributed by atoms with van der Waals surface area (Å²) >= 11 is 0. The predicted molar refractivity (Wildman–Crippen MR) is 45.3 cm³/mol. The molecular weight excluding hydrogens is 172 g/mol. The van der Waals surface area contributed by atoms with Crippen LogP contribution in [-0.4, -0.2) is 9.97 Å². The summed E-state index contributed by atoms with van der Waals surface area (Å²) in [5, 5.41) is 0. The maximum atomic E-state index is 11.2. The molecule has 1 atom stereocenters. The Morgan fingerprint density at radius 1 is 1.46 bits per heavy atom. The second-order valence-corrected chi connectivity index (χ2v) is 2.76. The molecule has 1 aliphatic heterocycles. The lowest BCUT2D eigenvalue weighted by Crippen LogP contribution is -2.26. The lowest BCUT2D eigenvalue weighted by molar-refractivity contribution is 0.171. The van der Waals surface area contributed by atoms with E-state index in [-0.39, 0.29) is 6.10 Å². The SMILES string of the molecule is O=c1[nH]cc(C2CC=CO2)c(=O)[nH]1. The fourth-order valence-electron chi connectivity index (χ4n) is 1.24. The van der Waals surface area contributed by atoms with Crippen LogP contribution < -0.4 is 11.2 Å². The van der Waals surface area contributed by atoms with Crippen molar-refractivity contribution in [3.63, 3.8) is 0 Å². The Bertz CT molecular complexity index is 435. The molecular formula is C8H8N2O3. The summed E-state index contributed by atoms with van der Waals surface area (Å²) in [7, 11) is 0. The lowest BCUT2D eigenvalue weighted by Gasteiger charge is -2.07. The number of aromatic amines is 2. The van der Waals surface area contributed by atoms with Gasteiger partial charge in [-0.05, 0) is 6.08 Å². The van der Waals surface area contributed by atoms with Crippen LogP contribution in [0.1, 0.15) is 18.1 Å². The van der Waals surface area contributed by atoms with E-state index in [0.717, 1.165) is 0 Å². The Balaban J connectivity index is 2.41. The number of aromatic nitrogens is 2. The number of hydrogen-bond acceptors (Lipinski definition) is 3. The number of H-pyrrole nitrogens is 2. The molecule has 2 rings (SSSR count). The molecule has 1 aromatic rings. The van der Waals surface area contributed by atoms with Crippen molar-refractivity contribution >= 4 is 0 Å². The van der Waals surface area contributed by atoms with Crippen LogP contribution >= 0.6 is 0 Å². The molecule has 5 nitrogen and oxygen atoms in total. The summed E-state index contributed by atoms with van der Waals surface area (Å²) in [5.41, 5.74) is -0.443. The average molecular weight is 180 g/mol. The standard InChI is InChI=1S/C8H8N2O3/c11-7-5(4-9-8(12)10-7)6-2-1-3-13-6/h1,3-4,6H,2H2,(H2,9,10,11,12). The number of ether oxygens (including phenoxy) is 1. The first-order chi connectivity index (χ1) is 6.27. The molecule has 0 saturated carbocycles.